The summed E-state index contributed by atoms with van der Waals surface area (Å²) >= 11 is 0. The van der Waals surface area contributed by atoms with E-state index in [1.807, 2.05) is 76.2 Å². The molecule has 1 atom stereocenters. The van der Waals surface area contributed by atoms with Gasteiger partial charge in [0, 0.05) is 13.1 Å². The van der Waals surface area contributed by atoms with Crippen molar-refractivity contribution in [2.45, 2.75) is 46.7 Å². The molecule has 6 nitrogen and oxygen atoms in total. The van der Waals surface area contributed by atoms with Crippen molar-refractivity contribution in [2.24, 2.45) is 5.92 Å². The summed E-state index contributed by atoms with van der Waals surface area (Å²) in [6.45, 7) is 8.73. The van der Waals surface area contributed by atoms with Gasteiger partial charge in [0.1, 0.15) is 17.5 Å². The predicted octanol–water partition coefficient (Wildman–Crippen LogP) is 3.96. The average molecular weight is 427 g/mol. The number of ether oxygens (including phenoxy) is 2. The SMILES string of the molecule is CCC(C(=O)NCC(C)C)N(Cc1ccc(OC)cc1)C(=O)COc1ccc(C)cc1. The van der Waals surface area contributed by atoms with Crippen molar-refractivity contribution in [1.82, 2.24) is 10.2 Å². The van der Waals surface area contributed by atoms with Crippen molar-refractivity contribution < 1.29 is 19.1 Å². The summed E-state index contributed by atoms with van der Waals surface area (Å²) in [7, 11) is 1.61. The van der Waals surface area contributed by atoms with Crippen molar-refractivity contribution >= 4 is 11.8 Å². The number of methoxy groups -OCH3 is 1. The maximum Gasteiger partial charge on any atom is 0.261 e. The molecule has 0 bridgehead atoms. The Morgan fingerprint density at radius 2 is 1.61 bits per heavy atom. The number of amides is 2. The summed E-state index contributed by atoms with van der Waals surface area (Å²) in [5.74, 6) is 1.32. The minimum atomic E-state index is -0.574. The maximum absolute atomic E-state index is 13.2. The van der Waals surface area contributed by atoms with Crippen LogP contribution in [-0.4, -0.2) is 43.0 Å². The summed E-state index contributed by atoms with van der Waals surface area (Å²) in [5, 5.41) is 2.96. The molecule has 0 radical (unpaired) electrons. The summed E-state index contributed by atoms with van der Waals surface area (Å²) in [6, 6.07) is 14.5. The zero-order valence-electron chi connectivity index (χ0n) is 19.2. The molecule has 31 heavy (non-hydrogen) atoms. The molecule has 0 saturated carbocycles. The summed E-state index contributed by atoms with van der Waals surface area (Å²) in [6.07, 6.45) is 0.510. The molecule has 2 aromatic rings. The van der Waals surface area contributed by atoms with E-state index in [2.05, 4.69) is 5.32 Å². The number of carbonyl (C=O) groups excluding carboxylic acids is 2. The second kappa shape index (κ2) is 12.0. The lowest BCUT2D eigenvalue weighted by atomic mass is 10.1. The highest BCUT2D eigenvalue weighted by Gasteiger charge is 2.29. The molecule has 0 aliphatic carbocycles. The van der Waals surface area contributed by atoms with Gasteiger partial charge in [-0.2, -0.15) is 0 Å². The van der Waals surface area contributed by atoms with Gasteiger partial charge in [-0.15, -0.1) is 0 Å². The Morgan fingerprint density at radius 3 is 2.16 bits per heavy atom. The van der Waals surface area contributed by atoms with Crippen molar-refractivity contribution in [3.05, 3.63) is 59.7 Å². The van der Waals surface area contributed by atoms with E-state index in [9.17, 15) is 9.59 Å². The van der Waals surface area contributed by atoms with Crippen LogP contribution in [0.1, 0.15) is 38.3 Å². The van der Waals surface area contributed by atoms with Crippen LogP contribution in [0.2, 0.25) is 0 Å². The summed E-state index contributed by atoms with van der Waals surface area (Å²) in [4.78, 5) is 27.6. The second-order valence-corrected chi connectivity index (χ2v) is 8.03. The fraction of sp³-hybridized carbons (Fsp3) is 0.440. The molecule has 0 aliphatic heterocycles. The molecule has 2 amide bonds. The van der Waals surface area contributed by atoms with E-state index < -0.39 is 6.04 Å². The van der Waals surface area contributed by atoms with E-state index in [0.717, 1.165) is 16.9 Å². The van der Waals surface area contributed by atoms with E-state index in [-0.39, 0.29) is 18.4 Å². The molecule has 0 aliphatic rings. The van der Waals surface area contributed by atoms with Crippen LogP contribution in [0.4, 0.5) is 0 Å². The number of benzene rings is 2. The van der Waals surface area contributed by atoms with Gasteiger partial charge in [-0.05, 0) is 49.1 Å². The normalized spacial score (nSPS) is 11.7. The number of hydrogen-bond donors (Lipinski definition) is 1. The Kier molecular flexibility index (Phi) is 9.38. The molecule has 0 heterocycles. The van der Waals surface area contributed by atoms with E-state index in [1.165, 1.54) is 0 Å². The van der Waals surface area contributed by atoms with Crippen LogP contribution >= 0.6 is 0 Å². The number of hydrogen-bond acceptors (Lipinski definition) is 4. The molecule has 2 aromatic carbocycles. The van der Waals surface area contributed by atoms with Crippen molar-refractivity contribution in [1.29, 1.82) is 0 Å². The molecular weight excluding hydrogens is 392 g/mol. The summed E-state index contributed by atoms with van der Waals surface area (Å²) in [5.41, 5.74) is 2.03. The molecule has 6 heteroatoms. The van der Waals surface area contributed by atoms with Crippen LogP contribution in [0.3, 0.4) is 0 Å². The molecular formula is C25H34N2O4. The smallest absolute Gasteiger partial charge is 0.261 e. The molecule has 0 fully saturated rings. The van der Waals surface area contributed by atoms with Crippen LogP contribution in [0.15, 0.2) is 48.5 Å². The topological polar surface area (TPSA) is 67.9 Å². The first-order valence-electron chi connectivity index (χ1n) is 10.7. The Morgan fingerprint density at radius 1 is 1.00 bits per heavy atom. The first-order chi connectivity index (χ1) is 14.8. The molecule has 1 N–H and O–H groups in total. The monoisotopic (exact) mass is 426 g/mol. The molecule has 168 valence electrons. The van der Waals surface area contributed by atoms with E-state index in [4.69, 9.17) is 9.47 Å². The van der Waals surface area contributed by atoms with Gasteiger partial charge in [0.05, 0.1) is 7.11 Å². The Balaban J connectivity index is 2.18. The first-order valence-corrected chi connectivity index (χ1v) is 10.7. The van der Waals surface area contributed by atoms with E-state index in [1.54, 1.807) is 12.0 Å². The van der Waals surface area contributed by atoms with Crippen molar-refractivity contribution in [3.63, 3.8) is 0 Å². The van der Waals surface area contributed by atoms with Crippen LogP contribution in [-0.2, 0) is 16.1 Å². The number of rotatable bonds is 11. The number of nitrogens with one attached hydrogen (secondary N) is 1. The van der Waals surface area contributed by atoms with E-state index in [0.29, 0.717) is 31.2 Å². The molecule has 0 spiro atoms. The van der Waals surface area contributed by atoms with Gasteiger partial charge < -0.3 is 19.7 Å². The molecule has 1 unspecified atom stereocenters. The predicted molar refractivity (Wildman–Crippen MR) is 122 cm³/mol. The zero-order valence-corrected chi connectivity index (χ0v) is 19.2. The van der Waals surface area contributed by atoms with Gasteiger partial charge in [-0.1, -0.05) is 50.6 Å². The highest BCUT2D eigenvalue weighted by Crippen LogP contribution is 2.17. The largest absolute Gasteiger partial charge is 0.497 e. The minimum Gasteiger partial charge on any atom is -0.497 e. The number of carbonyl (C=O) groups is 2. The van der Waals surface area contributed by atoms with Crippen molar-refractivity contribution in [2.75, 3.05) is 20.3 Å². The first kappa shape index (κ1) is 24.3. The molecule has 2 rings (SSSR count). The standard InChI is InChI=1S/C25H34N2O4/c1-6-23(25(29)26-15-18(2)3)27(16-20-9-13-21(30-5)14-10-20)24(28)17-31-22-11-7-19(4)8-12-22/h7-14,18,23H,6,15-17H2,1-5H3,(H,26,29). The Labute approximate surface area is 185 Å². The lowest BCUT2D eigenvalue weighted by molar-refractivity contribution is -0.143. The van der Waals surface area contributed by atoms with E-state index >= 15 is 0 Å². The van der Waals surface area contributed by atoms with Gasteiger partial charge in [-0.25, -0.2) is 0 Å². The third-order valence-electron chi connectivity index (χ3n) is 4.97. The lowest BCUT2D eigenvalue weighted by Crippen LogP contribution is -2.50. The lowest BCUT2D eigenvalue weighted by Gasteiger charge is -2.31. The number of nitrogens with zero attached hydrogens (tertiary/aromatic N) is 1. The average Bonchev–Trinajstić information content (AvgIpc) is 2.77. The third-order valence-corrected chi connectivity index (χ3v) is 4.97. The number of aryl methyl sites for hydroxylation is 1. The van der Waals surface area contributed by atoms with Crippen LogP contribution in [0.25, 0.3) is 0 Å². The second-order valence-electron chi connectivity index (χ2n) is 8.03. The minimum absolute atomic E-state index is 0.132. The van der Waals surface area contributed by atoms with Crippen molar-refractivity contribution in [3.8, 4) is 11.5 Å². The van der Waals surface area contributed by atoms with Gasteiger partial charge in [0.2, 0.25) is 5.91 Å². The molecule has 0 aromatic heterocycles. The highest BCUT2D eigenvalue weighted by molar-refractivity contribution is 5.88. The maximum atomic E-state index is 13.2. The molecule has 0 saturated heterocycles. The third kappa shape index (κ3) is 7.63. The summed E-state index contributed by atoms with van der Waals surface area (Å²) < 4.78 is 10.9. The van der Waals surface area contributed by atoms with Gasteiger partial charge in [0.15, 0.2) is 6.61 Å². The van der Waals surface area contributed by atoms with Gasteiger partial charge in [-0.3, -0.25) is 9.59 Å². The van der Waals surface area contributed by atoms with Crippen LogP contribution < -0.4 is 14.8 Å². The van der Waals surface area contributed by atoms with Gasteiger partial charge >= 0.3 is 0 Å². The zero-order chi connectivity index (χ0) is 22.8. The highest BCUT2D eigenvalue weighted by atomic mass is 16.5. The van der Waals surface area contributed by atoms with Crippen LogP contribution in [0, 0.1) is 12.8 Å². The van der Waals surface area contributed by atoms with Gasteiger partial charge in [0.25, 0.3) is 5.91 Å². The Hall–Kier alpha value is -3.02. The Bertz CT molecular complexity index is 832. The van der Waals surface area contributed by atoms with Crippen LogP contribution in [0.5, 0.6) is 11.5 Å². The fourth-order valence-electron chi connectivity index (χ4n) is 3.13. The quantitative estimate of drug-likeness (QED) is 0.591. The fourth-order valence-corrected chi connectivity index (χ4v) is 3.13.